The van der Waals surface area contributed by atoms with E-state index in [9.17, 15) is 9.59 Å². The van der Waals surface area contributed by atoms with Gasteiger partial charge in [0.25, 0.3) is 5.56 Å². The lowest BCUT2D eigenvalue weighted by molar-refractivity contribution is -0.131. The van der Waals surface area contributed by atoms with E-state index in [0.717, 1.165) is 40.7 Å². The summed E-state index contributed by atoms with van der Waals surface area (Å²) in [5.74, 6) is 0.322. The molecule has 1 aromatic carbocycles. The average molecular weight is 484 g/mol. The molecule has 1 aliphatic rings. The largest absolute Gasteiger partial charge is 0.337 e. The lowest BCUT2D eigenvalue weighted by Crippen LogP contribution is -2.43. The van der Waals surface area contributed by atoms with Crippen LogP contribution in [0.15, 0.2) is 34.2 Å². The molecule has 0 fully saturated rings. The van der Waals surface area contributed by atoms with Gasteiger partial charge in [-0.3, -0.25) is 14.2 Å². The van der Waals surface area contributed by atoms with Crippen molar-refractivity contribution in [2.75, 3.05) is 5.75 Å². The summed E-state index contributed by atoms with van der Waals surface area (Å²) in [6.45, 7) is 10.2. The summed E-state index contributed by atoms with van der Waals surface area (Å²) in [5, 5.41) is 1.38. The van der Waals surface area contributed by atoms with E-state index in [1.807, 2.05) is 63.8 Å². The highest BCUT2D eigenvalue weighted by Gasteiger charge is 2.25. The second-order valence-electron chi connectivity index (χ2n) is 9.34. The first-order chi connectivity index (χ1) is 15.8. The molecule has 0 saturated heterocycles. The van der Waals surface area contributed by atoms with Crippen LogP contribution in [0, 0.1) is 6.92 Å². The van der Waals surface area contributed by atoms with E-state index in [1.54, 1.807) is 15.9 Å². The van der Waals surface area contributed by atoms with Gasteiger partial charge in [0.1, 0.15) is 4.83 Å². The fraction of sp³-hybridized carbons (Fsp3) is 0.500. The molecule has 5 nitrogen and oxygen atoms in total. The minimum absolute atomic E-state index is 0.00627. The number of para-hydroxylation sites is 1. The third-order valence-electron chi connectivity index (χ3n) is 6.29. The van der Waals surface area contributed by atoms with E-state index in [1.165, 1.54) is 35.0 Å². The molecule has 0 atom stereocenters. The van der Waals surface area contributed by atoms with Crippen LogP contribution >= 0.6 is 23.1 Å². The number of benzene rings is 1. The monoisotopic (exact) mass is 483 g/mol. The van der Waals surface area contributed by atoms with Gasteiger partial charge in [-0.15, -0.1) is 11.3 Å². The van der Waals surface area contributed by atoms with Gasteiger partial charge in [0.2, 0.25) is 5.91 Å². The van der Waals surface area contributed by atoms with E-state index >= 15 is 0 Å². The summed E-state index contributed by atoms with van der Waals surface area (Å²) in [6, 6.07) is 8.16. The van der Waals surface area contributed by atoms with E-state index in [0.29, 0.717) is 5.16 Å². The number of hydrogen-bond donors (Lipinski definition) is 0. The van der Waals surface area contributed by atoms with Crippen LogP contribution in [0.25, 0.3) is 15.9 Å². The van der Waals surface area contributed by atoms with Crippen LogP contribution in [-0.4, -0.2) is 38.2 Å². The lowest BCUT2D eigenvalue weighted by atomic mass is 10.1. The van der Waals surface area contributed by atoms with Gasteiger partial charge in [-0.1, -0.05) is 36.4 Å². The molecule has 0 unspecified atom stereocenters. The molecule has 176 valence electrons. The number of aryl methyl sites for hydroxylation is 3. The molecule has 2 heterocycles. The van der Waals surface area contributed by atoms with E-state index in [4.69, 9.17) is 4.98 Å². The Morgan fingerprint density at radius 3 is 2.52 bits per heavy atom. The number of aromatic nitrogens is 2. The Kier molecular flexibility index (Phi) is 7.29. The Balaban J connectivity index is 1.83. The van der Waals surface area contributed by atoms with Gasteiger partial charge in [-0.25, -0.2) is 4.98 Å². The molecular weight excluding hydrogens is 450 g/mol. The van der Waals surface area contributed by atoms with Crippen molar-refractivity contribution < 1.29 is 4.79 Å². The zero-order valence-corrected chi connectivity index (χ0v) is 21.8. The van der Waals surface area contributed by atoms with Crippen LogP contribution in [0.2, 0.25) is 0 Å². The maximum atomic E-state index is 14.0. The first-order valence-electron chi connectivity index (χ1n) is 11.9. The van der Waals surface area contributed by atoms with Crippen molar-refractivity contribution in [2.45, 2.75) is 84.0 Å². The van der Waals surface area contributed by atoms with Crippen molar-refractivity contribution in [3.05, 3.63) is 50.6 Å². The number of carbonyl (C=O) groups excluding carboxylic acids is 1. The molecule has 3 aromatic rings. The number of hydrogen-bond acceptors (Lipinski definition) is 5. The molecule has 2 aromatic heterocycles. The number of nitrogens with zero attached hydrogens (tertiary/aromatic N) is 3. The Morgan fingerprint density at radius 1 is 1.12 bits per heavy atom. The second-order valence-corrected chi connectivity index (χ2v) is 11.4. The molecule has 0 spiro atoms. The number of amides is 1. The quantitative estimate of drug-likeness (QED) is 0.254. The number of carbonyl (C=O) groups is 1. The standard InChI is InChI=1S/C26H33N3O2S2/c1-16(2)28(17(3)4)22(30)15-32-26-27-24-23(19-12-7-6-8-14-21(19)33-24)25(31)29(26)20-13-10-9-11-18(20)5/h9-11,13,16-17H,6-8,12,14-15H2,1-5H3. The van der Waals surface area contributed by atoms with Gasteiger partial charge in [0.05, 0.1) is 16.8 Å². The summed E-state index contributed by atoms with van der Waals surface area (Å²) >= 11 is 3.03. The topological polar surface area (TPSA) is 55.2 Å². The molecule has 0 N–H and O–H groups in total. The Bertz CT molecular complexity index is 1220. The second kappa shape index (κ2) is 10.0. The molecule has 0 aliphatic heterocycles. The van der Waals surface area contributed by atoms with Crippen LogP contribution in [0.4, 0.5) is 0 Å². The molecule has 0 bridgehead atoms. The van der Waals surface area contributed by atoms with E-state index in [-0.39, 0.29) is 29.3 Å². The third kappa shape index (κ3) is 4.76. The number of fused-ring (bicyclic) bond motifs is 3. The highest BCUT2D eigenvalue weighted by molar-refractivity contribution is 7.99. The minimum atomic E-state index is -0.00627. The predicted molar refractivity (Wildman–Crippen MR) is 139 cm³/mol. The van der Waals surface area contributed by atoms with Crippen molar-refractivity contribution in [2.24, 2.45) is 0 Å². The minimum Gasteiger partial charge on any atom is -0.337 e. The first kappa shape index (κ1) is 24.0. The molecule has 33 heavy (non-hydrogen) atoms. The third-order valence-corrected chi connectivity index (χ3v) is 8.40. The first-order valence-corrected chi connectivity index (χ1v) is 13.7. The summed E-state index contributed by atoms with van der Waals surface area (Å²) in [5.41, 5.74) is 3.05. The molecule has 7 heteroatoms. The fourth-order valence-electron chi connectivity index (χ4n) is 4.86. The maximum Gasteiger partial charge on any atom is 0.267 e. The van der Waals surface area contributed by atoms with Crippen molar-refractivity contribution >= 4 is 39.2 Å². The van der Waals surface area contributed by atoms with Crippen LogP contribution in [-0.2, 0) is 17.6 Å². The maximum absolute atomic E-state index is 14.0. The zero-order chi connectivity index (χ0) is 23.7. The van der Waals surface area contributed by atoms with Gasteiger partial charge in [-0.05, 0) is 77.5 Å². The van der Waals surface area contributed by atoms with Crippen LogP contribution in [0.3, 0.4) is 0 Å². The molecule has 4 rings (SSSR count). The Labute approximate surface area is 204 Å². The van der Waals surface area contributed by atoms with Gasteiger partial charge in [-0.2, -0.15) is 0 Å². The molecule has 1 amide bonds. The summed E-state index contributed by atoms with van der Waals surface area (Å²) < 4.78 is 1.74. The van der Waals surface area contributed by atoms with E-state index in [2.05, 4.69) is 0 Å². The van der Waals surface area contributed by atoms with Gasteiger partial charge < -0.3 is 4.90 Å². The summed E-state index contributed by atoms with van der Waals surface area (Å²) in [6.07, 6.45) is 5.47. The fourth-order valence-corrected chi connectivity index (χ4v) is 7.04. The van der Waals surface area contributed by atoms with Gasteiger partial charge in [0.15, 0.2) is 5.16 Å². The highest BCUT2D eigenvalue weighted by Crippen LogP contribution is 2.35. The van der Waals surface area contributed by atoms with Crippen molar-refractivity contribution in [3.63, 3.8) is 0 Å². The van der Waals surface area contributed by atoms with Crippen molar-refractivity contribution in [1.82, 2.24) is 14.5 Å². The van der Waals surface area contributed by atoms with Crippen LogP contribution in [0.5, 0.6) is 0 Å². The SMILES string of the molecule is Cc1ccccc1-n1c(SCC(=O)N(C(C)C)C(C)C)nc2sc3c(c2c1=O)CCCCC3. The normalized spacial score (nSPS) is 14.0. The molecule has 0 saturated carbocycles. The molecule has 0 radical (unpaired) electrons. The van der Waals surface area contributed by atoms with Crippen LogP contribution < -0.4 is 5.56 Å². The summed E-state index contributed by atoms with van der Waals surface area (Å²) in [4.78, 5) is 36.0. The Morgan fingerprint density at radius 2 is 1.82 bits per heavy atom. The van der Waals surface area contributed by atoms with Crippen LogP contribution in [0.1, 0.15) is 63.0 Å². The average Bonchev–Trinajstić information content (AvgIpc) is 2.94. The molecule has 1 aliphatic carbocycles. The highest BCUT2D eigenvalue weighted by atomic mass is 32.2. The zero-order valence-electron chi connectivity index (χ0n) is 20.2. The Hall–Kier alpha value is -2.12. The van der Waals surface area contributed by atoms with Crippen molar-refractivity contribution in [1.29, 1.82) is 0 Å². The lowest BCUT2D eigenvalue weighted by Gasteiger charge is -2.30. The molecular formula is C26H33N3O2S2. The van der Waals surface area contributed by atoms with Crippen molar-refractivity contribution in [3.8, 4) is 5.69 Å². The number of thiophene rings is 1. The van der Waals surface area contributed by atoms with Gasteiger partial charge in [0, 0.05) is 17.0 Å². The summed E-state index contributed by atoms with van der Waals surface area (Å²) in [7, 11) is 0. The number of rotatable bonds is 6. The predicted octanol–water partition coefficient (Wildman–Crippen LogP) is 5.76. The number of thioether (sulfide) groups is 1. The van der Waals surface area contributed by atoms with Gasteiger partial charge >= 0.3 is 0 Å². The smallest absolute Gasteiger partial charge is 0.267 e. The van der Waals surface area contributed by atoms with E-state index < -0.39 is 0 Å².